The van der Waals surface area contributed by atoms with Gasteiger partial charge in [0.05, 0.1) is 18.3 Å². The first-order valence-electron chi connectivity index (χ1n) is 6.69. The molecule has 0 amide bonds. The number of nitrogens with zero attached hydrogens (tertiary/aromatic N) is 1. The summed E-state index contributed by atoms with van der Waals surface area (Å²) in [6, 6.07) is 8.22. The van der Waals surface area contributed by atoms with Gasteiger partial charge in [-0.25, -0.2) is 0 Å². The maximum Gasteiger partial charge on any atom is 0.0761 e. The molecule has 0 aliphatic carbocycles. The molecule has 1 aliphatic heterocycles. The lowest BCUT2D eigenvalue weighted by atomic mass is 10.1. The summed E-state index contributed by atoms with van der Waals surface area (Å²) >= 11 is 0. The molecule has 3 atom stereocenters. The SMILES string of the molecule is CC(O)c1ccc(CN2C[C@@H](C)O[C@@H](C)C2)cc1. The van der Waals surface area contributed by atoms with Crippen molar-refractivity contribution in [3.8, 4) is 0 Å². The van der Waals surface area contributed by atoms with E-state index in [1.165, 1.54) is 5.56 Å². The first kappa shape index (κ1) is 13.5. The zero-order valence-electron chi connectivity index (χ0n) is 11.5. The summed E-state index contributed by atoms with van der Waals surface area (Å²) < 4.78 is 5.73. The van der Waals surface area contributed by atoms with Crippen molar-refractivity contribution in [2.24, 2.45) is 0 Å². The van der Waals surface area contributed by atoms with Gasteiger partial charge in [-0.1, -0.05) is 24.3 Å². The van der Waals surface area contributed by atoms with Crippen LogP contribution in [0, 0.1) is 0 Å². The Morgan fingerprint density at radius 3 is 2.28 bits per heavy atom. The third-order valence-corrected chi connectivity index (χ3v) is 3.36. The molecule has 1 N–H and O–H groups in total. The Balaban J connectivity index is 1.96. The molecular weight excluding hydrogens is 226 g/mol. The van der Waals surface area contributed by atoms with Crippen LogP contribution in [-0.2, 0) is 11.3 Å². The van der Waals surface area contributed by atoms with E-state index in [0.717, 1.165) is 25.2 Å². The highest BCUT2D eigenvalue weighted by Gasteiger charge is 2.21. The summed E-state index contributed by atoms with van der Waals surface area (Å²) in [5, 5.41) is 9.48. The van der Waals surface area contributed by atoms with Crippen molar-refractivity contribution in [2.75, 3.05) is 13.1 Å². The Morgan fingerprint density at radius 2 is 1.78 bits per heavy atom. The van der Waals surface area contributed by atoms with Crippen LogP contribution < -0.4 is 0 Å². The molecule has 1 aromatic rings. The predicted octanol–water partition coefficient (Wildman–Crippen LogP) is 2.35. The lowest BCUT2D eigenvalue weighted by Gasteiger charge is -2.35. The van der Waals surface area contributed by atoms with E-state index in [2.05, 4.69) is 30.9 Å². The molecule has 1 fully saturated rings. The highest BCUT2D eigenvalue weighted by molar-refractivity contribution is 5.23. The zero-order valence-corrected chi connectivity index (χ0v) is 11.5. The van der Waals surface area contributed by atoms with Crippen LogP contribution in [0.3, 0.4) is 0 Å². The molecule has 1 saturated heterocycles. The third kappa shape index (κ3) is 3.55. The maximum atomic E-state index is 9.48. The molecule has 1 unspecified atom stereocenters. The standard InChI is InChI=1S/C15H23NO2/c1-11-8-16(9-12(2)18-11)10-14-4-6-15(7-5-14)13(3)17/h4-7,11-13,17H,8-10H2,1-3H3/t11-,12+,13?. The summed E-state index contributed by atoms with van der Waals surface area (Å²) in [7, 11) is 0. The van der Waals surface area contributed by atoms with E-state index >= 15 is 0 Å². The van der Waals surface area contributed by atoms with Crippen molar-refractivity contribution < 1.29 is 9.84 Å². The van der Waals surface area contributed by atoms with E-state index in [1.54, 1.807) is 6.92 Å². The normalized spacial score (nSPS) is 27.1. The van der Waals surface area contributed by atoms with Crippen LogP contribution in [-0.4, -0.2) is 35.3 Å². The first-order chi connectivity index (χ1) is 8.54. The van der Waals surface area contributed by atoms with Crippen molar-refractivity contribution in [3.63, 3.8) is 0 Å². The fraction of sp³-hybridized carbons (Fsp3) is 0.600. The van der Waals surface area contributed by atoms with E-state index in [1.807, 2.05) is 12.1 Å². The van der Waals surface area contributed by atoms with E-state index in [4.69, 9.17) is 4.74 Å². The number of rotatable bonds is 3. The number of hydrogen-bond acceptors (Lipinski definition) is 3. The monoisotopic (exact) mass is 249 g/mol. The minimum atomic E-state index is -0.387. The second-order valence-corrected chi connectivity index (χ2v) is 5.37. The van der Waals surface area contributed by atoms with E-state index < -0.39 is 0 Å². The van der Waals surface area contributed by atoms with Gasteiger partial charge in [-0.3, -0.25) is 4.90 Å². The van der Waals surface area contributed by atoms with Crippen LogP contribution in [0.5, 0.6) is 0 Å². The van der Waals surface area contributed by atoms with Crippen LogP contribution in [0.25, 0.3) is 0 Å². The molecule has 1 heterocycles. The number of ether oxygens (including phenoxy) is 1. The van der Waals surface area contributed by atoms with Crippen molar-refractivity contribution in [1.82, 2.24) is 4.90 Å². The molecule has 3 nitrogen and oxygen atoms in total. The zero-order chi connectivity index (χ0) is 13.1. The predicted molar refractivity (Wildman–Crippen MR) is 72.4 cm³/mol. The van der Waals surface area contributed by atoms with Gasteiger partial charge in [0.1, 0.15) is 0 Å². The van der Waals surface area contributed by atoms with Crippen molar-refractivity contribution in [2.45, 2.75) is 45.6 Å². The third-order valence-electron chi connectivity index (χ3n) is 3.36. The minimum Gasteiger partial charge on any atom is -0.389 e. The second-order valence-electron chi connectivity index (χ2n) is 5.37. The average molecular weight is 249 g/mol. The smallest absolute Gasteiger partial charge is 0.0761 e. The summed E-state index contributed by atoms with van der Waals surface area (Å²) in [5.41, 5.74) is 2.27. The Labute approximate surface area is 109 Å². The molecule has 0 saturated carbocycles. The molecule has 100 valence electrons. The Bertz CT molecular complexity index is 365. The molecule has 0 aromatic heterocycles. The Morgan fingerprint density at radius 1 is 1.22 bits per heavy atom. The minimum absolute atomic E-state index is 0.311. The van der Waals surface area contributed by atoms with Gasteiger partial charge in [-0.15, -0.1) is 0 Å². The summed E-state index contributed by atoms with van der Waals surface area (Å²) in [6.07, 6.45) is 0.235. The Hall–Kier alpha value is -0.900. The van der Waals surface area contributed by atoms with Gasteiger partial charge >= 0.3 is 0 Å². The molecule has 2 rings (SSSR count). The number of hydrogen-bond donors (Lipinski definition) is 1. The molecule has 0 spiro atoms. The van der Waals surface area contributed by atoms with Crippen molar-refractivity contribution >= 4 is 0 Å². The average Bonchev–Trinajstić information content (AvgIpc) is 2.28. The van der Waals surface area contributed by atoms with Crippen LogP contribution in [0.2, 0.25) is 0 Å². The summed E-state index contributed by atoms with van der Waals surface area (Å²) in [6.45, 7) is 8.97. The highest BCUT2D eigenvalue weighted by atomic mass is 16.5. The van der Waals surface area contributed by atoms with Crippen molar-refractivity contribution in [1.29, 1.82) is 0 Å². The van der Waals surface area contributed by atoms with Gasteiger partial charge in [-0.2, -0.15) is 0 Å². The Kier molecular flexibility index (Phi) is 4.38. The van der Waals surface area contributed by atoms with Gasteiger partial charge in [0.25, 0.3) is 0 Å². The quantitative estimate of drug-likeness (QED) is 0.892. The molecule has 0 radical (unpaired) electrons. The van der Waals surface area contributed by atoms with Gasteiger partial charge in [0, 0.05) is 19.6 Å². The van der Waals surface area contributed by atoms with E-state index in [9.17, 15) is 5.11 Å². The molecule has 1 aliphatic rings. The van der Waals surface area contributed by atoms with E-state index in [-0.39, 0.29) is 6.10 Å². The molecule has 18 heavy (non-hydrogen) atoms. The van der Waals surface area contributed by atoms with Crippen LogP contribution >= 0.6 is 0 Å². The van der Waals surface area contributed by atoms with Crippen LogP contribution in [0.4, 0.5) is 0 Å². The topological polar surface area (TPSA) is 32.7 Å². The van der Waals surface area contributed by atoms with Crippen molar-refractivity contribution in [3.05, 3.63) is 35.4 Å². The first-order valence-corrected chi connectivity index (χ1v) is 6.69. The van der Waals surface area contributed by atoms with E-state index in [0.29, 0.717) is 12.2 Å². The summed E-state index contributed by atoms with van der Waals surface area (Å²) in [4.78, 5) is 2.43. The van der Waals surface area contributed by atoms with Crippen LogP contribution in [0.15, 0.2) is 24.3 Å². The molecular formula is C15H23NO2. The van der Waals surface area contributed by atoms with Crippen LogP contribution in [0.1, 0.15) is 38.0 Å². The second kappa shape index (κ2) is 5.83. The molecule has 1 aromatic carbocycles. The van der Waals surface area contributed by atoms with Gasteiger partial charge in [0.15, 0.2) is 0 Å². The van der Waals surface area contributed by atoms with Gasteiger partial charge in [-0.05, 0) is 31.9 Å². The fourth-order valence-corrected chi connectivity index (χ4v) is 2.57. The number of morpholine rings is 1. The largest absolute Gasteiger partial charge is 0.389 e. The lowest BCUT2D eigenvalue weighted by molar-refractivity contribution is -0.0704. The lowest BCUT2D eigenvalue weighted by Crippen LogP contribution is -2.44. The highest BCUT2D eigenvalue weighted by Crippen LogP contribution is 2.16. The van der Waals surface area contributed by atoms with Gasteiger partial charge in [0.2, 0.25) is 0 Å². The maximum absolute atomic E-state index is 9.48. The number of aliphatic hydroxyl groups is 1. The number of aliphatic hydroxyl groups excluding tert-OH is 1. The molecule has 3 heteroatoms. The summed E-state index contributed by atoms with van der Waals surface area (Å²) in [5.74, 6) is 0. The molecule has 0 bridgehead atoms. The number of benzene rings is 1. The van der Waals surface area contributed by atoms with Gasteiger partial charge < -0.3 is 9.84 Å². The fourth-order valence-electron chi connectivity index (χ4n) is 2.57.